The highest BCUT2D eigenvalue weighted by atomic mass is 32.1. The molecule has 0 aromatic carbocycles. The Bertz CT molecular complexity index is 2440. The van der Waals surface area contributed by atoms with Crippen molar-refractivity contribution in [3.63, 3.8) is 0 Å². The van der Waals surface area contributed by atoms with Crippen molar-refractivity contribution in [3.05, 3.63) is 87.4 Å². The maximum Gasteiger partial charge on any atom is 0.410 e. The predicted molar refractivity (Wildman–Crippen MR) is 275 cm³/mol. The van der Waals surface area contributed by atoms with Crippen molar-refractivity contribution < 1.29 is 28.7 Å². The molecule has 3 aromatic heterocycles. The third-order valence-corrected chi connectivity index (χ3v) is 18.1. The predicted octanol–water partition coefficient (Wildman–Crippen LogP) is 11.2. The molecule has 3 amide bonds. The Balaban J connectivity index is 0.000000207. The summed E-state index contributed by atoms with van der Waals surface area (Å²) in [6.45, 7) is 28.7. The lowest BCUT2D eigenvalue weighted by atomic mass is 9.83. The molecule has 68 heavy (non-hydrogen) atoms. The molecular formula is C55H77N5O6S2. The number of carbonyl (C=O) groups excluding carboxylic acids is 4. The first-order valence-electron chi connectivity index (χ1n) is 25.2. The van der Waals surface area contributed by atoms with Gasteiger partial charge in [-0.05, 0) is 179 Å². The van der Waals surface area contributed by atoms with Gasteiger partial charge in [0.1, 0.15) is 5.60 Å². The largest absolute Gasteiger partial charge is 0.481 e. The zero-order valence-corrected chi connectivity index (χ0v) is 44.7. The highest BCUT2D eigenvalue weighted by Crippen LogP contribution is 2.44. The summed E-state index contributed by atoms with van der Waals surface area (Å²) in [6, 6.07) is 2.05. The van der Waals surface area contributed by atoms with Gasteiger partial charge in [0.25, 0.3) is 11.8 Å². The molecule has 1 N–H and O–H groups in total. The summed E-state index contributed by atoms with van der Waals surface area (Å²) < 4.78 is 11.1. The molecule has 3 aromatic rings. The Labute approximate surface area is 414 Å². The normalized spacial score (nSPS) is 19.7. The third-order valence-electron chi connectivity index (χ3n) is 15.0. The molecule has 13 heteroatoms. The molecule has 2 fully saturated rings. The molecular weight excluding hydrogens is 891 g/mol. The number of amides is 3. The van der Waals surface area contributed by atoms with Crippen LogP contribution in [0.2, 0.25) is 0 Å². The maximum atomic E-state index is 13.9. The van der Waals surface area contributed by atoms with Gasteiger partial charge in [-0.15, -0.1) is 22.7 Å². The molecule has 0 unspecified atom stereocenters. The van der Waals surface area contributed by atoms with Crippen LogP contribution in [-0.4, -0.2) is 102 Å². The van der Waals surface area contributed by atoms with E-state index in [1.54, 1.807) is 7.11 Å². The number of nitrogens with one attached hydrogen (secondary N) is 1. The van der Waals surface area contributed by atoms with Gasteiger partial charge >= 0.3 is 6.09 Å². The number of Topliss-reactive ketones (excluding diaryl/α,β-unsaturated/α-hetero) is 1. The number of nitrogens with zero attached hydrogens (tertiary/aromatic N) is 4. The average molecular weight is 968 g/mol. The van der Waals surface area contributed by atoms with Crippen molar-refractivity contribution in [1.29, 1.82) is 0 Å². The molecule has 0 saturated carbocycles. The summed E-state index contributed by atoms with van der Waals surface area (Å²) in [5.74, 6) is 3.04. The first-order valence-corrected chi connectivity index (χ1v) is 26.8. The number of thiophene rings is 2. The fourth-order valence-electron chi connectivity index (χ4n) is 11.2. The number of carbonyl (C=O) groups is 4. The third kappa shape index (κ3) is 11.5. The van der Waals surface area contributed by atoms with E-state index in [0.29, 0.717) is 62.2 Å². The van der Waals surface area contributed by atoms with E-state index in [1.807, 2.05) is 78.9 Å². The molecule has 5 aliphatic rings. The molecule has 0 spiro atoms. The molecule has 11 nitrogen and oxygen atoms in total. The highest BCUT2D eigenvalue weighted by Gasteiger charge is 2.36. The van der Waals surface area contributed by atoms with E-state index < -0.39 is 5.60 Å². The van der Waals surface area contributed by atoms with Crippen LogP contribution in [0.1, 0.15) is 173 Å². The Morgan fingerprint density at radius 3 is 1.84 bits per heavy atom. The number of likely N-dealkylation sites (tertiary alicyclic amines) is 1. The summed E-state index contributed by atoms with van der Waals surface area (Å²) in [7, 11) is 1.64. The van der Waals surface area contributed by atoms with Crippen LogP contribution < -0.4 is 10.1 Å². The van der Waals surface area contributed by atoms with Crippen LogP contribution in [0, 0.1) is 39.5 Å². The van der Waals surface area contributed by atoms with Crippen LogP contribution >= 0.6 is 22.7 Å². The molecule has 2 saturated heterocycles. The second kappa shape index (κ2) is 21.8. The van der Waals surface area contributed by atoms with Crippen LogP contribution in [0.4, 0.5) is 4.79 Å². The number of aryl methyl sites for hydroxylation is 4. The fraction of sp³-hybridized carbons (Fsp3) is 0.618. The van der Waals surface area contributed by atoms with Crippen molar-refractivity contribution in [2.75, 3.05) is 52.9 Å². The molecule has 370 valence electrons. The van der Waals surface area contributed by atoms with Crippen LogP contribution in [0.5, 0.6) is 5.88 Å². The van der Waals surface area contributed by atoms with E-state index in [9.17, 15) is 19.2 Å². The maximum absolute atomic E-state index is 13.9. The van der Waals surface area contributed by atoms with Gasteiger partial charge in [0.15, 0.2) is 5.78 Å². The number of rotatable bonds is 9. The minimum Gasteiger partial charge on any atom is -0.481 e. The Kier molecular flexibility index (Phi) is 16.5. The average Bonchev–Trinajstić information content (AvgIpc) is 3.68. The van der Waals surface area contributed by atoms with E-state index in [0.717, 1.165) is 115 Å². The first-order chi connectivity index (χ1) is 32.3. The highest BCUT2D eigenvalue weighted by molar-refractivity contribution is 7.13. The van der Waals surface area contributed by atoms with Crippen molar-refractivity contribution in [2.45, 2.75) is 158 Å². The quantitative estimate of drug-likeness (QED) is 0.225. The van der Waals surface area contributed by atoms with Crippen molar-refractivity contribution in [2.24, 2.45) is 11.8 Å². The van der Waals surface area contributed by atoms with Gasteiger partial charge in [-0.3, -0.25) is 14.4 Å². The summed E-state index contributed by atoms with van der Waals surface area (Å²) in [4.78, 5) is 68.1. The SMILES string of the molecule is CC1=CC(C)=C(CN2CCCc3sc([C@H](C)C4CCNCC4)c(C)c3C2=O)C(=O)C1.COc1nc(C)cc(C)c1CN1CCCc2sc([C@H](C)C3CCN(C(=O)OC(C)(C)C)CC3)c(C)c2C1=O. The lowest BCUT2D eigenvalue weighted by Gasteiger charge is -2.35. The number of allylic oxidation sites excluding steroid dienone is 3. The summed E-state index contributed by atoms with van der Waals surface area (Å²) in [6.07, 6.45) is 10.5. The van der Waals surface area contributed by atoms with Gasteiger partial charge in [0.05, 0.1) is 24.8 Å². The number of hydrogen-bond acceptors (Lipinski definition) is 10. The number of fused-ring (bicyclic) bond motifs is 2. The standard InChI is InChI=1S/C30H43N3O4S.C25H34N2O2S/c1-18-16-19(2)31-27(36-8)23(18)17-33-13-9-10-24-25(28(33)34)21(4)26(38-24)20(3)22-11-14-32(15-12-22)29(35)37-30(5,6)7;1-15-12-16(2)20(21(28)13-15)14-27-11-5-6-22-23(25(27)29)18(4)24(30-22)17(3)19-7-9-26-10-8-19/h16,20,22H,9-15,17H2,1-8H3;12,17,19,26H,5-11,13-14H2,1-4H3/t20-;17-/m11/s1. The number of hydrogen-bond donors (Lipinski definition) is 1. The number of ether oxygens (including phenoxy) is 2. The van der Waals surface area contributed by atoms with Gasteiger partial charge in [0, 0.05) is 75.5 Å². The molecule has 2 atom stereocenters. The van der Waals surface area contributed by atoms with Gasteiger partial charge in [-0.2, -0.15) is 0 Å². The number of pyridine rings is 1. The van der Waals surface area contributed by atoms with Crippen LogP contribution in [0.15, 0.2) is 28.9 Å². The molecule has 1 aliphatic carbocycles. The molecule has 4 aliphatic heterocycles. The van der Waals surface area contributed by atoms with E-state index in [-0.39, 0.29) is 23.7 Å². The topological polar surface area (TPSA) is 121 Å². The molecule has 0 radical (unpaired) electrons. The van der Waals surface area contributed by atoms with Crippen LogP contribution in [0.25, 0.3) is 0 Å². The number of piperidine rings is 2. The molecule has 7 heterocycles. The number of aromatic nitrogens is 1. The molecule has 0 bridgehead atoms. The van der Waals surface area contributed by atoms with E-state index >= 15 is 0 Å². The lowest BCUT2D eigenvalue weighted by molar-refractivity contribution is -0.115. The van der Waals surface area contributed by atoms with Gasteiger partial charge in [-0.1, -0.05) is 25.5 Å². The summed E-state index contributed by atoms with van der Waals surface area (Å²) in [5.41, 5.74) is 9.61. The number of methoxy groups -OCH3 is 1. The minimum absolute atomic E-state index is 0.117. The van der Waals surface area contributed by atoms with Gasteiger partial charge < -0.3 is 29.5 Å². The van der Waals surface area contributed by atoms with E-state index in [2.05, 4.69) is 57.1 Å². The fourth-order valence-corrected chi connectivity index (χ4v) is 14.2. The van der Waals surface area contributed by atoms with E-state index in [4.69, 9.17) is 9.47 Å². The van der Waals surface area contributed by atoms with Crippen molar-refractivity contribution >= 4 is 46.4 Å². The van der Waals surface area contributed by atoms with Crippen molar-refractivity contribution in [1.82, 2.24) is 25.0 Å². The number of ketones is 1. The first kappa shape index (κ1) is 51.5. The zero-order valence-electron chi connectivity index (χ0n) is 43.0. The van der Waals surface area contributed by atoms with Crippen LogP contribution in [0.3, 0.4) is 0 Å². The second-order valence-electron chi connectivity index (χ2n) is 21.2. The second-order valence-corrected chi connectivity index (χ2v) is 23.5. The lowest BCUT2D eigenvalue weighted by Crippen LogP contribution is -2.42. The summed E-state index contributed by atoms with van der Waals surface area (Å²) >= 11 is 3.70. The smallest absolute Gasteiger partial charge is 0.410 e. The summed E-state index contributed by atoms with van der Waals surface area (Å²) in [5, 5.41) is 3.46. The Morgan fingerprint density at radius 2 is 1.32 bits per heavy atom. The Morgan fingerprint density at radius 1 is 0.794 bits per heavy atom. The van der Waals surface area contributed by atoms with Crippen molar-refractivity contribution in [3.8, 4) is 5.88 Å². The van der Waals surface area contributed by atoms with E-state index in [1.165, 1.54) is 37.9 Å². The minimum atomic E-state index is -0.479. The van der Waals surface area contributed by atoms with Gasteiger partial charge in [-0.25, -0.2) is 9.78 Å². The van der Waals surface area contributed by atoms with Crippen LogP contribution in [-0.2, 0) is 28.9 Å². The monoisotopic (exact) mass is 968 g/mol. The van der Waals surface area contributed by atoms with Gasteiger partial charge in [0.2, 0.25) is 5.88 Å². The Hall–Kier alpha value is -4.33. The molecule has 8 rings (SSSR count). The zero-order chi connectivity index (χ0) is 49.2.